The highest BCUT2D eigenvalue weighted by atomic mass is 19.1. The second-order valence-corrected chi connectivity index (χ2v) is 11.2. The topological polar surface area (TPSA) is 71.1 Å². The molecule has 3 heterocycles. The number of carbonyl (C=O) groups is 2. The number of alkyl halides is 1. The maximum atomic E-state index is 14.5. The largest absolute Gasteiger partial charge is 0.369 e. The highest BCUT2D eigenvalue weighted by Gasteiger charge is 2.68. The molecule has 0 aromatic rings. The molecular formula is C24H36FN3O4. The molecular weight excluding hydrogens is 413 g/mol. The second-order valence-electron chi connectivity index (χ2n) is 11.2. The Morgan fingerprint density at radius 2 is 1.69 bits per heavy atom. The van der Waals surface area contributed by atoms with E-state index in [0.29, 0.717) is 25.9 Å². The van der Waals surface area contributed by atoms with Gasteiger partial charge in [0.05, 0.1) is 30.1 Å². The Morgan fingerprint density at radius 3 is 2.41 bits per heavy atom. The van der Waals surface area contributed by atoms with Crippen LogP contribution in [-0.2, 0) is 19.1 Å². The van der Waals surface area contributed by atoms with Crippen molar-refractivity contribution < 1.29 is 23.5 Å². The van der Waals surface area contributed by atoms with Crippen LogP contribution in [0.25, 0.3) is 0 Å². The molecule has 11 unspecified atom stereocenters. The number of hydrogen-bond donors (Lipinski definition) is 1. The van der Waals surface area contributed by atoms with E-state index in [1.165, 1.54) is 4.90 Å². The van der Waals surface area contributed by atoms with E-state index in [9.17, 15) is 14.0 Å². The van der Waals surface area contributed by atoms with Gasteiger partial charge in [0, 0.05) is 25.2 Å². The molecule has 0 bridgehead atoms. The number of likely N-dealkylation sites (tertiary alicyclic amines) is 1. The van der Waals surface area contributed by atoms with Crippen LogP contribution in [0.1, 0.15) is 44.9 Å². The predicted octanol–water partition coefficient (Wildman–Crippen LogP) is 1.35. The fourth-order valence-electron chi connectivity index (χ4n) is 7.77. The van der Waals surface area contributed by atoms with Crippen molar-refractivity contribution in [2.75, 3.05) is 27.2 Å². The Bertz CT molecular complexity index is 780. The molecule has 2 amide bonds. The molecule has 6 fully saturated rings. The number of carbonyl (C=O) groups excluding carboxylic acids is 2. The van der Waals surface area contributed by atoms with Crippen molar-refractivity contribution in [2.45, 2.75) is 87.6 Å². The monoisotopic (exact) mass is 449 g/mol. The summed E-state index contributed by atoms with van der Waals surface area (Å²) in [6.07, 6.45) is 4.65. The van der Waals surface area contributed by atoms with Crippen molar-refractivity contribution in [2.24, 2.45) is 23.7 Å². The fourth-order valence-corrected chi connectivity index (χ4v) is 7.77. The molecule has 3 saturated carbocycles. The Hall–Kier alpha value is -1.09. The van der Waals surface area contributed by atoms with Crippen LogP contribution in [0.5, 0.6) is 0 Å². The lowest BCUT2D eigenvalue weighted by atomic mass is 9.62. The third-order valence-corrected chi connectivity index (χ3v) is 9.16. The fraction of sp³-hybridized carbons (Fsp3) is 0.917. The van der Waals surface area contributed by atoms with E-state index >= 15 is 0 Å². The van der Waals surface area contributed by atoms with Crippen LogP contribution in [0.4, 0.5) is 4.39 Å². The van der Waals surface area contributed by atoms with Gasteiger partial charge in [-0.1, -0.05) is 12.8 Å². The average molecular weight is 450 g/mol. The lowest BCUT2D eigenvalue weighted by molar-refractivity contribution is -0.265. The Labute approximate surface area is 189 Å². The number of nitrogens with zero attached hydrogens (tertiary/aromatic N) is 2. The number of fused-ring (bicyclic) bond motifs is 9. The number of rotatable bonds is 3. The van der Waals surface area contributed by atoms with Crippen molar-refractivity contribution in [1.82, 2.24) is 15.1 Å². The van der Waals surface area contributed by atoms with Crippen LogP contribution in [0.15, 0.2) is 0 Å². The normalized spacial score (nSPS) is 50.0. The molecule has 0 aromatic heterocycles. The maximum Gasteiger partial charge on any atom is 0.235 e. The number of halogens is 1. The van der Waals surface area contributed by atoms with Gasteiger partial charge in [-0.3, -0.25) is 14.5 Å². The average Bonchev–Trinajstić information content (AvgIpc) is 3.26. The van der Waals surface area contributed by atoms with E-state index in [2.05, 4.69) is 5.32 Å². The first-order valence-electron chi connectivity index (χ1n) is 12.6. The van der Waals surface area contributed by atoms with Crippen LogP contribution in [0, 0.1) is 23.7 Å². The molecule has 1 N–H and O–H groups in total. The Morgan fingerprint density at radius 1 is 1.00 bits per heavy atom. The third kappa shape index (κ3) is 3.20. The summed E-state index contributed by atoms with van der Waals surface area (Å²) in [5.41, 5.74) is 0. The molecule has 32 heavy (non-hydrogen) atoms. The molecule has 178 valence electrons. The number of likely N-dealkylation sites (N-methyl/N-ethyl adjacent to an activating group) is 1. The second kappa shape index (κ2) is 8.00. The first kappa shape index (κ1) is 21.4. The van der Waals surface area contributed by atoms with Gasteiger partial charge < -0.3 is 19.7 Å². The lowest BCUT2D eigenvalue weighted by Crippen LogP contribution is -2.66. The molecule has 0 aromatic carbocycles. The number of imide groups is 1. The summed E-state index contributed by atoms with van der Waals surface area (Å²) in [6, 6.07) is 0.151. The van der Waals surface area contributed by atoms with Crippen molar-refractivity contribution in [1.29, 1.82) is 0 Å². The molecule has 0 spiro atoms. The van der Waals surface area contributed by atoms with E-state index in [1.807, 2.05) is 19.0 Å². The van der Waals surface area contributed by atoms with Crippen LogP contribution in [0.2, 0.25) is 0 Å². The van der Waals surface area contributed by atoms with Gasteiger partial charge in [-0.15, -0.1) is 0 Å². The van der Waals surface area contributed by atoms with Crippen molar-refractivity contribution in [3.63, 3.8) is 0 Å². The smallest absolute Gasteiger partial charge is 0.235 e. The highest BCUT2D eigenvalue weighted by molar-refractivity contribution is 6.06. The predicted molar refractivity (Wildman–Crippen MR) is 114 cm³/mol. The molecule has 3 saturated heterocycles. The summed E-state index contributed by atoms with van der Waals surface area (Å²) in [7, 11) is 3.89. The SMILES string of the molecule is CN(C)CCN1C(=O)C2C3OC4CCCCC4OC3C3NC4CCC(F)CC4C3C2C1=O. The van der Waals surface area contributed by atoms with E-state index in [0.717, 1.165) is 32.1 Å². The minimum Gasteiger partial charge on any atom is -0.369 e. The number of hydrogen-bond acceptors (Lipinski definition) is 6. The summed E-state index contributed by atoms with van der Waals surface area (Å²) in [4.78, 5) is 30.8. The van der Waals surface area contributed by atoms with Crippen molar-refractivity contribution in [3.05, 3.63) is 0 Å². The van der Waals surface area contributed by atoms with Gasteiger partial charge in [-0.25, -0.2) is 4.39 Å². The molecule has 3 aliphatic heterocycles. The van der Waals surface area contributed by atoms with Crippen LogP contribution >= 0.6 is 0 Å². The zero-order chi connectivity index (χ0) is 22.1. The van der Waals surface area contributed by atoms with Crippen molar-refractivity contribution in [3.8, 4) is 0 Å². The summed E-state index contributed by atoms with van der Waals surface area (Å²) >= 11 is 0. The van der Waals surface area contributed by atoms with E-state index < -0.39 is 24.1 Å². The van der Waals surface area contributed by atoms with Gasteiger partial charge in [0.25, 0.3) is 0 Å². The van der Waals surface area contributed by atoms with E-state index in [-0.39, 0.29) is 54.0 Å². The van der Waals surface area contributed by atoms with Gasteiger partial charge in [-0.05, 0) is 58.0 Å². The number of ether oxygens (including phenoxy) is 2. The summed E-state index contributed by atoms with van der Waals surface area (Å²) in [6.45, 7) is 1.03. The number of amides is 2. The van der Waals surface area contributed by atoms with E-state index in [4.69, 9.17) is 9.47 Å². The van der Waals surface area contributed by atoms with Gasteiger partial charge in [-0.2, -0.15) is 0 Å². The molecule has 3 aliphatic carbocycles. The Kier molecular flexibility index (Phi) is 5.36. The molecule has 6 rings (SSSR count). The van der Waals surface area contributed by atoms with Crippen LogP contribution in [0.3, 0.4) is 0 Å². The molecule has 7 nitrogen and oxygen atoms in total. The quantitative estimate of drug-likeness (QED) is 0.656. The standard InChI is InChI=1S/C24H36FN3O4/c1-27(2)9-10-28-23(29)18-17-13-11-12(25)7-8-14(13)26-20(17)22-21(19(18)24(28)30)31-15-5-3-4-6-16(15)32-22/h12-22,26H,3-11H2,1-2H3. The van der Waals surface area contributed by atoms with Gasteiger partial charge in [0.15, 0.2) is 0 Å². The summed E-state index contributed by atoms with van der Waals surface area (Å²) < 4.78 is 27.8. The van der Waals surface area contributed by atoms with Crippen LogP contribution < -0.4 is 5.32 Å². The van der Waals surface area contributed by atoms with Gasteiger partial charge >= 0.3 is 0 Å². The van der Waals surface area contributed by atoms with Crippen molar-refractivity contribution >= 4 is 11.8 Å². The zero-order valence-electron chi connectivity index (χ0n) is 19.1. The molecule has 6 aliphatic rings. The minimum absolute atomic E-state index is 0.0137. The third-order valence-electron chi connectivity index (χ3n) is 9.16. The Balaban J connectivity index is 1.36. The van der Waals surface area contributed by atoms with Crippen LogP contribution in [-0.4, -0.2) is 91.5 Å². The zero-order valence-corrected chi connectivity index (χ0v) is 19.1. The summed E-state index contributed by atoms with van der Waals surface area (Å²) in [5, 5.41) is 3.76. The van der Waals surface area contributed by atoms with E-state index in [1.54, 1.807) is 0 Å². The summed E-state index contributed by atoms with van der Waals surface area (Å²) in [5.74, 6) is -1.09. The first-order chi connectivity index (χ1) is 15.4. The lowest BCUT2D eigenvalue weighted by Gasteiger charge is -2.52. The number of nitrogens with one attached hydrogen (secondary N) is 1. The van der Waals surface area contributed by atoms with Gasteiger partial charge in [0.2, 0.25) is 11.8 Å². The molecule has 0 radical (unpaired) electrons. The minimum atomic E-state index is -0.823. The first-order valence-corrected chi connectivity index (χ1v) is 12.6. The highest BCUT2D eigenvalue weighted by Crippen LogP contribution is 2.55. The molecule has 11 atom stereocenters. The molecule has 8 heteroatoms. The maximum absolute atomic E-state index is 14.5. The van der Waals surface area contributed by atoms with Gasteiger partial charge in [0.1, 0.15) is 12.3 Å².